The Morgan fingerprint density at radius 2 is 1.95 bits per heavy atom. The summed E-state index contributed by atoms with van der Waals surface area (Å²) in [5.74, 6) is 0.617. The van der Waals surface area contributed by atoms with Crippen LogP contribution >= 0.6 is 35.4 Å². The van der Waals surface area contributed by atoms with E-state index in [9.17, 15) is 0 Å². The second-order valence-electron chi connectivity index (χ2n) is 5.90. The molecule has 3 nitrogen and oxygen atoms in total. The van der Waals surface area contributed by atoms with Gasteiger partial charge in [-0.25, -0.2) is 0 Å². The Labute approximate surface area is 139 Å². The molecule has 0 aromatic heterocycles. The van der Waals surface area contributed by atoms with Gasteiger partial charge in [-0.3, -0.25) is 0 Å². The van der Waals surface area contributed by atoms with Gasteiger partial charge in [-0.1, -0.05) is 29.3 Å². The summed E-state index contributed by atoms with van der Waals surface area (Å²) >= 11 is 17.8. The summed E-state index contributed by atoms with van der Waals surface area (Å²) < 4.78 is 0. The minimum Gasteiger partial charge on any atom is -0.347 e. The molecule has 1 aromatic carbocycles. The molecule has 4 aliphatic rings. The topological polar surface area (TPSA) is 28.5 Å². The quantitative estimate of drug-likeness (QED) is 0.683. The molecule has 1 aromatic rings. The Morgan fingerprint density at radius 1 is 1.19 bits per heavy atom. The second kappa shape index (κ2) is 5.13. The van der Waals surface area contributed by atoms with Crippen molar-refractivity contribution in [2.75, 3.05) is 13.1 Å². The van der Waals surface area contributed by atoms with Gasteiger partial charge in [-0.15, -0.1) is 0 Å². The molecule has 2 bridgehead atoms. The van der Waals surface area contributed by atoms with Crippen molar-refractivity contribution in [2.24, 2.45) is 5.92 Å². The van der Waals surface area contributed by atoms with Gasteiger partial charge in [0.2, 0.25) is 0 Å². The van der Waals surface area contributed by atoms with Crippen LogP contribution in [0.25, 0.3) is 0 Å². The zero-order chi connectivity index (χ0) is 14.6. The summed E-state index contributed by atoms with van der Waals surface area (Å²) in [6, 6.07) is 5.75. The van der Waals surface area contributed by atoms with Crippen LogP contribution in [0.15, 0.2) is 29.6 Å². The fraction of sp³-hybridized carbons (Fsp3) is 0.400. The van der Waals surface area contributed by atoms with E-state index in [2.05, 4.69) is 10.6 Å². The largest absolute Gasteiger partial charge is 0.347 e. The molecule has 0 radical (unpaired) electrons. The molecule has 1 fully saturated rings. The molecule has 3 N–H and O–H groups in total. The van der Waals surface area contributed by atoms with Crippen molar-refractivity contribution in [3.8, 4) is 0 Å². The summed E-state index contributed by atoms with van der Waals surface area (Å²) in [5.41, 5.74) is 3.76. The van der Waals surface area contributed by atoms with Crippen molar-refractivity contribution in [2.45, 2.75) is 18.9 Å². The first-order chi connectivity index (χ1) is 10.1. The second-order valence-corrected chi connectivity index (χ2v) is 7.15. The van der Waals surface area contributed by atoms with Crippen LogP contribution in [0, 0.1) is 5.92 Å². The van der Waals surface area contributed by atoms with Crippen molar-refractivity contribution in [1.29, 1.82) is 0 Å². The number of nitrogens with one attached hydrogen (secondary N) is 3. The van der Waals surface area contributed by atoms with Gasteiger partial charge >= 0.3 is 0 Å². The molecular formula is C15H16Cl2N3S+. The minimum atomic E-state index is 0.0524. The highest BCUT2D eigenvalue weighted by atomic mass is 35.5. The molecule has 4 aliphatic heterocycles. The first-order valence-electron chi connectivity index (χ1n) is 7.25. The maximum atomic E-state index is 6.42. The van der Waals surface area contributed by atoms with Crippen LogP contribution in [0.3, 0.4) is 0 Å². The summed E-state index contributed by atoms with van der Waals surface area (Å²) in [7, 11) is 0. The van der Waals surface area contributed by atoms with Crippen molar-refractivity contribution in [3.63, 3.8) is 0 Å². The van der Waals surface area contributed by atoms with Gasteiger partial charge in [0, 0.05) is 34.4 Å². The Kier molecular flexibility index (Phi) is 3.38. The SMILES string of the molecule is S=C1NC2=C([C@@H](c3ccc(Cl)cc3Cl)N1)[NH+]1CCC2CC1. The Hall–Kier alpha value is -0.810. The molecule has 1 atom stereocenters. The van der Waals surface area contributed by atoms with Crippen LogP contribution in [0.1, 0.15) is 24.4 Å². The van der Waals surface area contributed by atoms with E-state index in [-0.39, 0.29) is 6.04 Å². The number of rotatable bonds is 1. The summed E-state index contributed by atoms with van der Waals surface area (Å²) in [6.45, 7) is 2.39. The molecule has 110 valence electrons. The van der Waals surface area contributed by atoms with E-state index in [0.29, 0.717) is 21.1 Å². The highest BCUT2D eigenvalue weighted by Gasteiger charge is 2.44. The molecule has 21 heavy (non-hydrogen) atoms. The summed E-state index contributed by atoms with van der Waals surface area (Å²) in [5, 5.41) is 8.83. The number of hydrogen-bond acceptors (Lipinski definition) is 1. The third-order valence-corrected chi connectivity index (χ3v) is 5.54. The summed E-state index contributed by atoms with van der Waals surface area (Å²) in [6.07, 6.45) is 2.48. The highest BCUT2D eigenvalue weighted by molar-refractivity contribution is 7.80. The predicted molar refractivity (Wildman–Crippen MR) is 88.5 cm³/mol. The van der Waals surface area contributed by atoms with Crippen LogP contribution < -0.4 is 15.5 Å². The first kappa shape index (κ1) is 13.8. The summed E-state index contributed by atoms with van der Waals surface area (Å²) in [4.78, 5) is 1.55. The number of quaternary nitrogens is 1. The molecule has 0 amide bonds. The Balaban J connectivity index is 1.83. The van der Waals surface area contributed by atoms with Crippen molar-refractivity contribution < 1.29 is 4.90 Å². The molecule has 0 unspecified atom stereocenters. The van der Waals surface area contributed by atoms with E-state index < -0.39 is 0 Å². The fourth-order valence-corrected chi connectivity index (χ4v) is 4.54. The number of hydrogen-bond donors (Lipinski definition) is 3. The fourth-order valence-electron chi connectivity index (χ4n) is 3.79. The number of piperidine rings is 1. The zero-order valence-corrected chi connectivity index (χ0v) is 13.7. The van der Waals surface area contributed by atoms with Gasteiger partial charge < -0.3 is 15.5 Å². The lowest BCUT2D eigenvalue weighted by Gasteiger charge is -2.45. The maximum Gasteiger partial charge on any atom is 0.171 e. The Bertz CT molecular complexity index is 650. The highest BCUT2D eigenvalue weighted by Crippen LogP contribution is 2.36. The average molecular weight is 341 g/mol. The van der Waals surface area contributed by atoms with E-state index in [4.69, 9.17) is 35.4 Å². The zero-order valence-electron chi connectivity index (χ0n) is 11.4. The average Bonchev–Trinajstić information content (AvgIpc) is 2.47. The normalized spacial score (nSPS) is 30.8. The third-order valence-electron chi connectivity index (χ3n) is 4.75. The van der Waals surface area contributed by atoms with Gasteiger partial charge in [-0.2, -0.15) is 0 Å². The molecule has 6 heteroatoms. The number of benzene rings is 1. The molecule has 0 spiro atoms. The van der Waals surface area contributed by atoms with E-state index >= 15 is 0 Å². The first-order valence-corrected chi connectivity index (χ1v) is 8.41. The van der Waals surface area contributed by atoms with Crippen molar-refractivity contribution >= 4 is 40.5 Å². The lowest BCUT2D eigenvalue weighted by atomic mass is 9.83. The monoisotopic (exact) mass is 340 g/mol. The minimum absolute atomic E-state index is 0.0524. The molecule has 0 saturated carbocycles. The maximum absolute atomic E-state index is 6.42. The molecule has 1 saturated heterocycles. The van der Waals surface area contributed by atoms with Crippen LogP contribution in [0.4, 0.5) is 0 Å². The van der Waals surface area contributed by atoms with E-state index in [1.54, 1.807) is 11.0 Å². The lowest BCUT2D eigenvalue weighted by molar-refractivity contribution is -0.875. The number of allylic oxidation sites excluding steroid dienone is 1. The molecule has 0 aliphatic carbocycles. The van der Waals surface area contributed by atoms with Gasteiger partial charge in [0.25, 0.3) is 0 Å². The number of halogens is 2. The van der Waals surface area contributed by atoms with Crippen LogP contribution in [-0.4, -0.2) is 18.2 Å². The molecular weight excluding hydrogens is 325 g/mol. The molecule has 4 heterocycles. The van der Waals surface area contributed by atoms with Gasteiger partial charge in [-0.05, 0) is 24.4 Å². The van der Waals surface area contributed by atoms with Crippen LogP contribution in [0.2, 0.25) is 10.0 Å². The van der Waals surface area contributed by atoms with Gasteiger partial charge in [0.1, 0.15) is 6.04 Å². The van der Waals surface area contributed by atoms with E-state index in [1.807, 2.05) is 12.1 Å². The standard InChI is InChI=1S/C15H15Cl2N3S/c16-9-1-2-10(11(17)7-9)13-14-12(18-15(21)19-13)8-3-5-20(14)6-4-8/h1-2,7-8,13H,3-6H2,(H2,18,19,21)/p+1/t13-/m1/s1. The van der Waals surface area contributed by atoms with Gasteiger partial charge in [0.15, 0.2) is 10.8 Å². The van der Waals surface area contributed by atoms with Gasteiger partial charge in [0.05, 0.1) is 18.8 Å². The lowest BCUT2D eigenvalue weighted by Crippen LogP contribution is -3.14. The van der Waals surface area contributed by atoms with E-state index in [1.165, 1.54) is 37.3 Å². The van der Waals surface area contributed by atoms with E-state index in [0.717, 1.165) is 5.56 Å². The Morgan fingerprint density at radius 3 is 2.67 bits per heavy atom. The number of thiocarbonyl (C=S) groups is 1. The van der Waals surface area contributed by atoms with Crippen molar-refractivity contribution in [3.05, 3.63) is 45.2 Å². The third kappa shape index (κ3) is 2.25. The number of fused-ring (bicyclic) bond motifs is 2. The van der Waals surface area contributed by atoms with Crippen LogP contribution in [0.5, 0.6) is 0 Å². The smallest absolute Gasteiger partial charge is 0.171 e. The molecule has 5 rings (SSSR count). The van der Waals surface area contributed by atoms with Crippen molar-refractivity contribution in [1.82, 2.24) is 10.6 Å². The van der Waals surface area contributed by atoms with Crippen LogP contribution in [-0.2, 0) is 0 Å². The predicted octanol–water partition coefficient (Wildman–Crippen LogP) is 2.03.